The number of carbonyl (C=O) groups is 1. The van der Waals surface area contributed by atoms with Gasteiger partial charge in [-0.1, -0.05) is 19.1 Å². The number of methoxy groups -OCH3 is 1. The number of carboxylic acid groups (broad SMARTS) is 1. The van der Waals surface area contributed by atoms with Crippen molar-refractivity contribution in [2.45, 2.75) is 30.2 Å². The van der Waals surface area contributed by atoms with Crippen molar-refractivity contribution >= 4 is 16.0 Å². The molecule has 1 unspecified atom stereocenters. The zero-order valence-electron chi connectivity index (χ0n) is 14.5. The number of sulfonamides is 1. The molecule has 0 aromatic heterocycles. The molecule has 3 N–H and O–H groups in total. The lowest BCUT2D eigenvalue weighted by Crippen LogP contribution is -2.55. The van der Waals surface area contributed by atoms with Crippen molar-refractivity contribution in [3.63, 3.8) is 0 Å². The van der Waals surface area contributed by atoms with E-state index in [0.717, 1.165) is 0 Å². The number of rotatable bonds is 8. The van der Waals surface area contributed by atoms with E-state index in [2.05, 4.69) is 4.72 Å². The highest BCUT2D eigenvalue weighted by Crippen LogP contribution is 2.24. The molecule has 0 bridgehead atoms. The van der Waals surface area contributed by atoms with E-state index in [-0.39, 0.29) is 23.5 Å². The molecular formula is C18H21NO6S. The van der Waals surface area contributed by atoms with E-state index in [1.807, 2.05) is 0 Å². The summed E-state index contributed by atoms with van der Waals surface area (Å²) in [5.41, 5.74) is -1.13. The third-order valence-corrected chi connectivity index (χ3v) is 5.71. The highest BCUT2D eigenvalue weighted by Gasteiger charge is 2.41. The third kappa shape index (κ3) is 4.33. The van der Waals surface area contributed by atoms with Crippen LogP contribution in [0.5, 0.6) is 11.5 Å². The summed E-state index contributed by atoms with van der Waals surface area (Å²) >= 11 is 0. The topological polar surface area (TPSA) is 113 Å². The molecular weight excluding hydrogens is 358 g/mol. The smallest absolute Gasteiger partial charge is 0.325 e. The molecule has 140 valence electrons. The molecule has 0 saturated heterocycles. The van der Waals surface area contributed by atoms with Gasteiger partial charge in [-0.3, -0.25) is 4.79 Å². The number of nitrogens with one attached hydrogen (secondary N) is 1. The van der Waals surface area contributed by atoms with Crippen molar-refractivity contribution in [3.05, 3.63) is 54.1 Å². The van der Waals surface area contributed by atoms with Crippen LogP contribution in [0.1, 0.15) is 18.9 Å². The molecule has 1 atom stereocenters. The first kappa shape index (κ1) is 19.7. The first-order valence-corrected chi connectivity index (χ1v) is 9.40. The Kier molecular flexibility index (Phi) is 5.89. The Hall–Kier alpha value is -2.58. The van der Waals surface area contributed by atoms with Gasteiger partial charge < -0.3 is 14.9 Å². The second-order valence-corrected chi connectivity index (χ2v) is 7.55. The van der Waals surface area contributed by atoms with Crippen LogP contribution >= 0.6 is 0 Å². The lowest BCUT2D eigenvalue weighted by molar-refractivity contribution is -0.144. The third-order valence-electron chi connectivity index (χ3n) is 4.15. The number of phenolic OH excluding ortho intramolecular Hbond substituents is 1. The number of aliphatic carboxylic acids is 1. The van der Waals surface area contributed by atoms with Crippen LogP contribution in [-0.2, 0) is 21.2 Å². The molecule has 0 aliphatic carbocycles. The number of hydrogen-bond donors (Lipinski definition) is 3. The summed E-state index contributed by atoms with van der Waals surface area (Å²) in [4.78, 5) is 11.9. The Morgan fingerprint density at radius 3 is 2.15 bits per heavy atom. The molecule has 26 heavy (non-hydrogen) atoms. The fraction of sp³-hybridized carbons (Fsp3) is 0.278. The van der Waals surface area contributed by atoms with E-state index in [1.54, 1.807) is 19.1 Å². The van der Waals surface area contributed by atoms with Crippen molar-refractivity contribution in [1.82, 2.24) is 4.72 Å². The quantitative estimate of drug-likeness (QED) is 0.648. The predicted molar refractivity (Wildman–Crippen MR) is 95.8 cm³/mol. The zero-order chi connectivity index (χ0) is 19.4. The minimum absolute atomic E-state index is 0.0403. The SMILES string of the molecule is CCC(Cc1ccc(O)cc1)(NS(=O)(=O)c1ccc(OC)cc1)C(=O)O. The van der Waals surface area contributed by atoms with Crippen molar-refractivity contribution in [3.8, 4) is 11.5 Å². The maximum absolute atomic E-state index is 12.7. The molecule has 0 amide bonds. The predicted octanol–water partition coefficient (Wildman–Crippen LogP) is 2.16. The first-order chi connectivity index (χ1) is 12.2. The van der Waals surface area contributed by atoms with Crippen molar-refractivity contribution in [2.75, 3.05) is 7.11 Å². The van der Waals surface area contributed by atoms with Crippen molar-refractivity contribution in [1.29, 1.82) is 0 Å². The van der Waals surface area contributed by atoms with Gasteiger partial charge >= 0.3 is 5.97 Å². The summed E-state index contributed by atoms with van der Waals surface area (Å²) in [6.07, 6.45) is -0.0207. The maximum atomic E-state index is 12.7. The van der Waals surface area contributed by atoms with E-state index in [4.69, 9.17) is 4.74 Å². The molecule has 0 fully saturated rings. The normalized spacial score (nSPS) is 13.8. The molecule has 2 aromatic carbocycles. The largest absolute Gasteiger partial charge is 0.508 e. The second kappa shape index (κ2) is 7.76. The highest BCUT2D eigenvalue weighted by atomic mass is 32.2. The van der Waals surface area contributed by atoms with Crippen LogP contribution in [-0.4, -0.2) is 37.2 Å². The van der Waals surface area contributed by atoms with Gasteiger partial charge in [0.1, 0.15) is 17.0 Å². The fourth-order valence-corrected chi connectivity index (χ4v) is 3.97. The summed E-state index contributed by atoms with van der Waals surface area (Å²) in [7, 11) is -2.60. The molecule has 0 spiro atoms. The molecule has 0 saturated carbocycles. The Labute approximate surface area is 152 Å². The van der Waals surface area contributed by atoms with Crippen LogP contribution in [0.15, 0.2) is 53.4 Å². The summed E-state index contributed by atoms with van der Waals surface area (Å²) in [5, 5.41) is 19.1. The van der Waals surface area contributed by atoms with Crippen LogP contribution in [0.3, 0.4) is 0 Å². The molecule has 0 aliphatic rings. The molecule has 2 rings (SSSR count). The Morgan fingerprint density at radius 1 is 1.12 bits per heavy atom. The lowest BCUT2D eigenvalue weighted by Gasteiger charge is -2.29. The molecule has 7 nitrogen and oxygen atoms in total. The van der Waals surface area contributed by atoms with Crippen LogP contribution in [0.2, 0.25) is 0 Å². The van der Waals surface area contributed by atoms with Gasteiger partial charge in [-0.15, -0.1) is 0 Å². The van der Waals surface area contributed by atoms with Gasteiger partial charge in [0.25, 0.3) is 0 Å². The molecule has 2 aromatic rings. The van der Waals surface area contributed by atoms with E-state index in [0.29, 0.717) is 11.3 Å². The van der Waals surface area contributed by atoms with E-state index < -0.39 is 21.5 Å². The standard InChI is InChI=1S/C18H21NO6S/c1-3-18(17(21)22,12-13-4-6-14(20)7-5-13)19-26(23,24)16-10-8-15(25-2)9-11-16/h4-11,19-20H,3,12H2,1-2H3,(H,21,22). The summed E-state index contributed by atoms with van der Waals surface area (Å²) in [6.45, 7) is 1.60. The molecule has 0 radical (unpaired) electrons. The van der Waals surface area contributed by atoms with Crippen molar-refractivity contribution in [2.24, 2.45) is 0 Å². The average molecular weight is 379 g/mol. The molecule has 0 aliphatic heterocycles. The number of ether oxygens (including phenoxy) is 1. The van der Waals surface area contributed by atoms with Crippen LogP contribution < -0.4 is 9.46 Å². The Balaban J connectivity index is 2.36. The van der Waals surface area contributed by atoms with Crippen LogP contribution in [0.25, 0.3) is 0 Å². The van der Waals surface area contributed by atoms with Gasteiger partial charge in [0.05, 0.1) is 12.0 Å². The second-order valence-electron chi connectivity index (χ2n) is 5.87. The highest BCUT2D eigenvalue weighted by molar-refractivity contribution is 7.89. The minimum Gasteiger partial charge on any atom is -0.508 e. The van der Waals surface area contributed by atoms with Crippen LogP contribution in [0.4, 0.5) is 0 Å². The maximum Gasteiger partial charge on any atom is 0.325 e. The number of carboxylic acids is 1. The van der Waals surface area contributed by atoms with E-state index in [9.17, 15) is 23.4 Å². The zero-order valence-corrected chi connectivity index (χ0v) is 15.3. The van der Waals surface area contributed by atoms with Gasteiger partial charge in [-0.2, -0.15) is 4.72 Å². The van der Waals surface area contributed by atoms with E-state index in [1.165, 1.54) is 43.5 Å². The van der Waals surface area contributed by atoms with Gasteiger partial charge in [-0.05, 0) is 48.4 Å². The van der Waals surface area contributed by atoms with Gasteiger partial charge in [-0.25, -0.2) is 8.42 Å². The lowest BCUT2D eigenvalue weighted by atomic mass is 9.89. The summed E-state index contributed by atoms with van der Waals surface area (Å²) in [6, 6.07) is 11.7. The Bertz CT molecular complexity index is 862. The van der Waals surface area contributed by atoms with Gasteiger partial charge in [0.2, 0.25) is 10.0 Å². The number of aromatic hydroxyl groups is 1. The van der Waals surface area contributed by atoms with Gasteiger partial charge in [0.15, 0.2) is 0 Å². The average Bonchev–Trinajstić information content (AvgIpc) is 2.62. The number of phenols is 1. The first-order valence-electron chi connectivity index (χ1n) is 7.92. The minimum atomic E-state index is -4.06. The summed E-state index contributed by atoms with van der Waals surface area (Å²) < 4.78 is 32.7. The molecule has 8 heteroatoms. The Morgan fingerprint density at radius 2 is 1.69 bits per heavy atom. The monoisotopic (exact) mass is 379 g/mol. The van der Waals surface area contributed by atoms with E-state index >= 15 is 0 Å². The molecule has 0 heterocycles. The number of benzene rings is 2. The fourth-order valence-electron chi connectivity index (χ4n) is 2.54. The number of hydrogen-bond acceptors (Lipinski definition) is 5. The summed E-state index contributed by atoms with van der Waals surface area (Å²) in [5.74, 6) is -0.733. The van der Waals surface area contributed by atoms with Gasteiger partial charge in [0, 0.05) is 6.42 Å². The van der Waals surface area contributed by atoms with Crippen LogP contribution in [0, 0.1) is 0 Å². The van der Waals surface area contributed by atoms with Crippen molar-refractivity contribution < 1.29 is 28.2 Å².